The van der Waals surface area contributed by atoms with Crippen LogP contribution in [0.4, 0.5) is 0 Å². The Balaban J connectivity index is 0.00000243. The Morgan fingerprint density at radius 1 is 1.27 bits per heavy atom. The number of rotatable bonds is 5. The van der Waals surface area contributed by atoms with Gasteiger partial charge < -0.3 is 10.2 Å². The molecular weight excluding hydrogens is 374 g/mol. The van der Waals surface area contributed by atoms with Crippen LogP contribution in [0.2, 0.25) is 0 Å². The molecule has 2 saturated heterocycles. The highest BCUT2D eigenvalue weighted by Crippen LogP contribution is 2.30. The molecule has 2 bridgehead atoms. The van der Waals surface area contributed by atoms with Crippen LogP contribution in [0, 0.1) is 6.92 Å². The summed E-state index contributed by atoms with van der Waals surface area (Å²) < 4.78 is 27.0. The van der Waals surface area contributed by atoms with E-state index in [9.17, 15) is 13.2 Å². The summed E-state index contributed by atoms with van der Waals surface area (Å²) >= 11 is 0. The third kappa shape index (κ3) is 4.22. The second-order valence-electron chi connectivity index (χ2n) is 7.16. The molecule has 1 amide bonds. The first-order valence-corrected chi connectivity index (χ1v) is 10.4. The van der Waals surface area contributed by atoms with E-state index in [0.29, 0.717) is 24.2 Å². The van der Waals surface area contributed by atoms with E-state index in [1.807, 2.05) is 14.0 Å². The molecule has 6 nitrogen and oxygen atoms in total. The van der Waals surface area contributed by atoms with Gasteiger partial charge in [-0.05, 0) is 50.3 Å². The van der Waals surface area contributed by atoms with Crippen molar-refractivity contribution < 1.29 is 13.2 Å². The average molecular weight is 402 g/mol. The number of nitrogens with zero attached hydrogens (tertiary/aromatic N) is 1. The van der Waals surface area contributed by atoms with Gasteiger partial charge >= 0.3 is 0 Å². The molecule has 2 heterocycles. The van der Waals surface area contributed by atoms with Crippen molar-refractivity contribution in [2.75, 3.05) is 13.6 Å². The first kappa shape index (κ1) is 21.2. The van der Waals surface area contributed by atoms with E-state index in [0.717, 1.165) is 18.4 Å². The van der Waals surface area contributed by atoms with Crippen LogP contribution in [0.25, 0.3) is 0 Å². The van der Waals surface area contributed by atoms with E-state index >= 15 is 0 Å². The molecule has 2 aliphatic rings. The Morgan fingerprint density at radius 3 is 2.46 bits per heavy atom. The van der Waals surface area contributed by atoms with Gasteiger partial charge in [0, 0.05) is 37.3 Å². The molecular formula is C18H28ClN3O3S. The smallest absolute Gasteiger partial charge is 0.254 e. The van der Waals surface area contributed by atoms with Gasteiger partial charge in [0.15, 0.2) is 0 Å². The lowest BCUT2D eigenvalue weighted by Gasteiger charge is -2.35. The molecule has 8 heteroatoms. The number of fused-ring (bicyclic) bond motifs is 2. The van der Waals surface area contributed by atoms with Gasteiger partial charge in [-0.25, -0.2) is 13.1 Å². The van der Waals surface area contributed by atoms with Gasteiger partial charge in [0.25, 0.3) is 5.91 Å². The number of hydrogen-bond acceptors (Lipinski definition) is 4. The molecule has 1 aromatic carbocycles. The highest BCUT2D eigenvalue weighted by molar-refractivity contribution is 7.89. The average Bonchev–Trinajstić information content (AvgIpc) is 2.91. The molecule has 26 heavy (non-hydrogen) atoms. The minimum atomic E-state index is -3.57. The summed E-state index contributed by atoms with van der Waals surface area (Å²) in [5.74, 6) is -0.0997. The van der Waals surface area contributed by atoms with Crippen LogP contribution in [-0.4, -0.2) is 50.9 Å². The molecule has 2 atom stereocenters. The van der Waals surface area contributed by atoms with Crippen molar-refractivity contribution in [3.8, 4) is 0 Å². The van der Waals surface area contributed by atoms with Crippen molar-refractivity contribution in [3.05, 3.63) is 29.3 Å². The molecule has 3 rings (SSSR count). The highest BCUT2D eigenvalue weighted by Gasteiger charge is 2.36. The third-order valence-corrected chi connectivity index (χ3v) is 6.94. The summed E-state index contributed by atoms with van der Waals surface area (Å²) in [4.78, 5) is 15.0. The fourth-order valence-corrected chi connectivity index (χ4v) is 5.04. The maximum Gasteiger partial charge on any atom is 0.254 e. The van der Waals surface area contributed by atoms with E-state index in [1.54, 1.807) is 24.0 Å². The number of aryl methyl sites for hydroxylation is 1. The molecule has 2 N–H and O–H groups in total. The molecule has 1 aromatic rings. The SMILES string of the molecule is CCNS(=O)(=O)c1ccc(C)c(C(=O)N(C)C2CC3CCC(C2)N3)c1.Cl. The maximum atomic E-state index is 13.0. The number of halogens is 1. The molecule has 2 fully saturated rings. The van der Waals surface area contributed by atoms with Crippen LogP contribution in [0.3, 0.4) is 0 Å². The molecule has 2 unspecified atom stereocenters. The maximum absolute atomic E-state index is 13.0. The zero-order chi connectivity index (χ0) is 18.2. The van der Waals surface area contributed by atoms with Crippen LogP contribution in [0.15, 0.2) is 23.1 Å². The van der Waals surface area contributed by atoms with Crippen LogP contribution >= 0.6 is 12.4 Å². The summed E-state index contributed by atoms with van der Waals surface area (Å²) in [5, 5.41) is 3.58. The number of piperidine rings is 1. The van der Waals surface area contributed by atoms with Gasteiger partial charge in [0.05, 0.1) is 4.90 Å². The predicted molar refractivity (Wildman–Crippen MR) is 104 cm³/mol. The third-order valence-electron chi connectivity index (χ3n) is 5.40. The molecule has 0 saturated carbocycles. The van der Waals surface area contributed by atoms with E-state index in [-0.39, 0.29) is 29.3 Å². The Morgan fingerprint density at radius 2 is 1.88 bits per heavy atom. The Labute approximate surface area is 162 Å². The summed E-state index contributed by atoms with van der Waals surface area (Å²) in [5.41, 5.74) is 1.26. The van der Waals surface area contributed by atoms with Crippen molar-refractivity contribution in [1.82, 2.24) is 14.9 Å². The quantitative estimate of drug-likeness (QED) is 0.791. The van der Waals surface area contributed by atoms with Gasteiger partial charge in [-0.3, -0.25) is 4.79 Å². The second kappa shape index (κ2) is 8.25. The fourth-order valence-electron chi connectivity index (χ4n) is 3.97. The van der Waals surface area contributed by atoms with Crippen molar-refractivity contribution in [2.24, 2.45) is 0 Å². The lowest BCUT2D eigenvalue weighted by molar-refractivity contribution is 0.0680. The van der Waals surface area contributed by atoms with Gasteiger partial charge in [-0.15, -0.1) is 12.4 Å². The van der Waals surface area contributed by atoms with Gasteiger partial charge in [0.1, 0.15) is 0 Å². The minimum Gasteiger partial charge on any atom is -0.339 e. The van der Waals surface area contributed by atoms with Crippen LogP contribution in [0.5, 0.6) is 0 Å². The normalized spacial score (nSPS) is 24.8. The monoisotopic (exact) mass is 401 g/mol. The van der Waals surface area contributed by atoms with Crippen molar-refractivity contribution in [3.63, 3.8) is 0 Å². The standard InChI is InChI=1S/C18H27N3O3S.ClH/c1-4-19-25(23,24)16-8-5-12(2)17(11-16)18(22)21(3)15-9-13-6-7-14(10-15)20-13;/h5,8,11,13-15,19-20H,4,6-7,9-10H2,1-3H3;1H. The number of hydrogen-bond donors (Lipinski definition) is 2. The van der Waals surface area contributed by atoms with Gasteiger partial charge in [-0.2, -0.15) is 0 Å². The van der Waals surface area contributed by atoms with Crippen molar-refractivity contribution >= 4 is 28.3 Å². The number of carbonyl (C=O) groups is 1. The van der Waals surface area contributed by atoms with Gasteiger partial charge in [-0.1, -0.05) is 13.0 Å². The Kier molecular flexibility index (Phi) is 6.71. The fraction of sp³-hybridized carbons (Fsp3) is 0.611. The first-order valence-electron chi connectivity index (χ1n) is 8.95. The molecule has 0 radical (unpaired) electrons. The highest BCUT2D eigenvalue weighted by atomic mass is 35.5. The van der Waals surface area contributed by atoms with E-state index < -0.39 is 10.0 Å². The zero-order valence-corrected chi connectivity index (χ0v) is 17.1. The molecule has 0 aliphatic carbocycles. The number of sulfonamides is 1. The van der Waals surface area contributed by atoms with E-state index in [1.165, 1.54) is 18.9 Å². The molecule has 0 spiro atoms. The van der Waals surface area contributed by atoms with Crippen molar-refractivity contribution in [1.29, 1.82) is 0 Å². The summed E-state index contributed by atoms with van der Waals surface area (Å²) in [6.07, 6.45) is 4.29. The first-order chi connectivity index (χ1) is 11.8. The number of amides is 1. The molecule has 2 aliphatic heterocycles. The largest absolute Gasteiger partial charge is 0.339 e. The Hall–Kier alpha value is -1.15. The number of benzene rings is 1. The zero-order valence-electron chi connectivity index (χ0n) is 15.5. The Bertz CT molecular complexity index is 757. The van der Waals surface area contributed by atoms with Gasteiger partial charge in [0.2, 0.25) is 10.0 Å². The molecule has 146 valence electrons. The van der Waals surface area contributed by atoms with Crippen LogP contribution in [0.1, 0.15) is 48.5 Å². The lowest BCUT2D eigenvalue weighted by atomic mass is 9.97. The summed E-state index contributed by atoms with van der Waals surface area (Å²) in [6, 6.07) is 5.97. The van der Waals surface area contributed by atoms with Crippen LogP contribution in [-0.2, 0) is 10.0 Å². The lowest BCUT2D eigenvalue weighted by Crippen LogP contribution is -2.48. The predicted octanol–water partition coefficient (Wildman–Crippen LogP) is 2.07. The second-order valence-corrected chi connectivity index (χ2v) is 8.92. The van der Waals surface area contributed by atoms with Crippen molar-refractivity contribution in [2.45, 2.75) is 62.6 Å². The number of nitrogens with one attached hydrogen (secondary N) is 2. The van der Waals surface area contributed by atoms with E-state index in [2.05, 4.69) is 10.0 Å². The van der Waals surface area contributed by atoms with E-state index in [4.69, 9.17) is 0 Å². The van der Waals surface area contributed by atoms with Crippen LogP contribution < -0.4 is 10.0 Å². The minimum absolute atomic E-state index is 0. The number of carbonyl (C=O) groups excluding carboxylic acids is 1. The summed E-state index contributed by atoms with van der Waals surface area (Å²) in [6.45, 7) is 3.89. The summed E-state index contributed by atoms with van der Waals surface area (Å²) in [7, 11) is -1.74. The topological polar surface area (TPSA) is 78.5 Å². The molecule has 0 aromatic heterocycles.